The Morgan fingerprint density at radius 3 is 2.50 bits per heavy atom. The van der Waals surface area contributed by atoms with E-state index in [4.69, 9.17) is 15.2 Å². The Bertz CT molecular complexity index is 438. The highest BCUT2D eigenvalue weighted by Gasteiger charge is 2.24. The van der Waals surface area contributed by atoms with Gasteiger partial charge >= 0.3 is 0 Å². The van der Waals surface area contributed by atoms with Crippen LogP contribution in [-0.4, -0.2) is 32.1 Å². The first-order valence-electron chi connectivity index (χ1n) is 6.86. The van der Waals surface area contributed by atoms with Crippen molar-refractivity contribution in [3.05, 3.63) is 29.8 Å². The highest BCUT2D eigenvalue weighted by atomic mass is 16.5. The first-order valence-corrected chi connectivity index (χ1v) is 6.86. The number of hydrogen-bond donors (Lipinski definition) is 1. The van der Waals surface area contributed by atoms with Gasteiger partial charge in [-0.05, 0) is 17.5 Å². The van der Waals surface area contributed by atoms with Crippen LogP contribution in [0.4, 0.5) is 0 Å². The van der Waals surface area contributed by atoms with Gasteiger partial charge in [0, 0.05) is 19.6 Å². The van der Waals surface area contributed by atoms with Crippen molar-refractivity contribution in [2.45, 2.75) is 33.2 Å². The van der Waals surface area contributed by atoms with Crippen molar-refractivity contribution < 1.29 is 14.3 Å². The number of carbonyl (C=O) groups excluding carboxylic acids is 1. The monoisotopic (exact) mass is 279 g/mol. The molecule has 1 rings (SSSR count). The summed E-state index contributed by atoms with van der Waals surface area (Å²) in [6.45, 7) is 7.01. The van der Waals surface area contributed by atoms with Crippen LogP contribution in [0.2, 0.25) is 0 Å². The number of rotatable bonds is 7. The maximum Gasteiger partial charge on any atom is 0.168 e. The van der Waals surface area contributed by atoms with E-state index in [9.17, 15) is 4.79 Å². The molecule has 1 aromatic rings. The van der Waals surface area contributed by atoms with Crippen molar-refractivity contribution in [3.8, 4) is 5.75 Å². The highest BCUT2D eigenvalue weighted by Crippen LogP contribution is 2.24. The summed E-state index contributed by atoms with van der Waals surface area (Å²) in [7, 11) is 1.61. The molecule has 20 heavy (non-hydrogen) atoms. The Morgan fingerprint density at radius 1 is 1.25 bits per heavy atom. The quantitative estimate of drug-likeness (QED) is 0.615. The summed E-state index contributed by atoms with van der Waals surface area (Å²) in [6.07, 6.45) is 0.314. The van der Waals surface area contributed by atoms with Crippen LogP contribution in [-0.2, 0) is 4.74 Å². The topological polar surface area (TPSA) is 61.5 Å². The second kappa shape index (κ2) is 7.41. The van der Waals surface area contributed by atoms with E-state index in [1.54, 1.807) is 19.2 Å². The standard InChI is InChI=1S/C16H25NO3/c1-16(2,3)15(17)11-13(18)12-7-5-6-8-14(12)20-10-9-19-4/h5-8,15H,9-11,17H2,1-4H3. The first kappa shape index (κ1) is 16.7. The maximum atomic E-state index is 12.4. The summed E-state index contributed by atoms with van der Waals surface area (Å²) in [5, 5.41) is 0. The lowest BCUT2D eigenvalue weighted by Gasteiger charge is -2.26. The lowest BCUT2D eigenvalue weighted by molar-refractivity contribution is 0.0945. The molecule has 0 saturated carbocycles. The van der Waals surface area contributed by atoms with Crippen LogP contribution in [0.5, 0.6) is 5.75 Å². The van der Waals surface area contributed by atoms with E-state index in [1.807, 2.05) is 32.9 Å². The molecule has 0 aliphatic rings. The molecule has 0 heterocycles. The summed E-state index contributed by atoms with van der Waals surface area (Å²) in [4.78, 5) is 12.4. The van der Waals surface area contributed by atoms with Gasteiger partial charge < -0.3 is 15.2 Å². The van der Waals surface area contributed by atoms with Crippen molar-refractivity contribution in [1.29, 1.82) is 0 Å². The lowest BCUT2D eigenvalue weighted by atomic mass is 9.83. The zero-order valence-electron chi connectivity index (χ0n) is 12.8. The van der Waals surface area contributed by atoms with Gasteiger partial charge in [0.2, 0.25) is 0 Å². The van der Waals surface area contributed by atoms with Crippen LogP contribution >= 0.6 is 0 Å². The zero-order chi connectivity index (χ0) is 15.2. The molecule has 0 aromatic heterocycles. The molecule has 0 amide bonds. The van der Waals surface area contributed by atoms with Gasteiger partial charge in [-0.1, -0.05) is 32.9 Å². The third kappa shape index (κ3) is 4.94. The van der Waals surface area contributed by atoms with Gasteiger partial charge in [0.15, 0.2) is 5.78 Å². The molecule has 0 bridgehead atoms. The second-order valence-corrected chi connectivity index (χ2v) is 5.94. The van der Waals surface area contributed by atoms with Gasteiger partial charge in [-0.25, -0.2) is 0 Å². The Morgan fingerprint density at radius 2 is 1.90 bits per heavy atom. The van der Waals surface area contributed by atoms with E-state index >= 15 is 0 Å². The minimum Gasteiger partial charge on any atom is -0.490 e. The largest absolute Gasteiger partial charge is 0.490 e. The third-order valence-electron chi connectivity index (χ3n) is 3.25. The van der Waals surface area contributed by atoms with Gasteiger partial charge in [-0.3, -0.25) is 4.79 Å². The normalized spacial score (nSPS) is 13.1. The SMILES string of the molecule is COCCOc1ccccc1C(=O)CC(N)C(C)(C)C. The van der Waals surface area contributed by atoms with Crippen molar-refractivity contribution in [1.82, 2.24) is 0 Å². The van der Waals surface area contributed by atoms with Crippen LogP contribution in [0.3, 0.4) is 0 Å². The Hall–Kier alpha value is -1.39. The molecule has 1 atom stereocenters. The summed E-state index contributed by atoms with van der Waals surface area (Å²) >= 11 is 0. The fourth-order valence-electron chi connectivity index (χ4n) is 1.67. The number of nitrogens with two attached hydrogens (primary N) is 1. The molecule has 0 fully saturated rings. The van der Waals surface area contributed by atoms with Crippen LogP contribution in [0, 0.1) is 5.41 Å². The highest BCUT2D eigenvalue weighted by molar-refractivity contribution is 5.99. The molecule has 0 aliphatic heterocycles. The number of hydrogen-bond acceptors (Lipinski definition) is 4. The number of ketones is 1. The number of Topliss-reactive ketones (excluding diaryl/α,β-unsaturated/α-hetero) is 1. The number of ether oxygens (including phenoxy) is 2. The molecule has 0 spiro atoms. The summed E-state index contributed by atoms with van der Waals surface area (Å²) in [5.74, 6) is 0.608. The van der Waals surface area contributed by atoms with Crippen LogP contribution in [0.1, 0.15) is 37.6 Å². The Balaban J connectivity index is 2.77. The van der Waals surface area contributed by atoms with Crippen molar-refractivity contribution in [2.24, 2.45) is 11.1 Å². The summed E-state index contributed by atoms with van der Waals surface area (Å²) in [5.41, 5.74) is 6.57. The third-order valence-corrected chi connectivity index (χ3v) is 3.25. The van der Waals surface area contributed by atoms with Gasteiger partial charge in [-0.2, -0.15) is 0 Å². The average Bonchev–Trinajstić information content (AvgIpc) is 2.38. The summed E-state index contributed by atoms with van der Waals surface area (Å²) in [6, 6.07) is 7.08. The predicted molar refractivity (Wildman–Crippen MR) is 80.2 cm³/mol. The van der Waals surface area contributed by atoms with Crippen molar-refractivity contribution in [2.75, 3.05) is 20.3 Å². The minimum atomic E-state index is -0.179. The molecular weight excluding hydrogens is 254 g/mol. The molecule has 2 N–H and O–H groups in total. The fourth-order valence-corrected chi connectivity index (χ4v) is 1.67. The van der Waals surface area contributed by atoms with Gasteiger partial charge in [0.1, 0.15) is 12.4 Å². The lowest BCUT2D eigenvalue weighted by Crippen LogP contribution is -2.37. The number of para-hydroxylation sites is 1. The van der Waals surface area contributed by atoms with Gasteiger partial charge in [0.25, 0.3) is 0 Å². The second-order valence-electron chi connectivity index (χ2n) is 5.94. The smallest absolute Gasteiger partial charge is 0.168 e. The van der Waals surface area contributed by atoms with E-state index in [-0.39, 0.29) is 17.2 Å². The number of methoxy groups -OCH3 is 1. The van der Waals surface area contributed by atoms with E-state index < -0.39 is 0 Å². The predicted octanol–water partition coefficient (Wildman–Crippen LogP) is 2.66. The molecule has 4 heteroatoms. The molecule has 0 saturated heterocycles. The maximum absolute atomic E-state index is 12.4. The molecule has 0 radical (unpaired) electrons. The Labute approximate surface area is 121 Å². The number of carbonyl (C=O) groups is 1. The van der Waals surface area contributed by atoms with E-state index in [2.05, 4.69) is 0 Å². The van der Waals surface area contributed by atoms with Crippen molar-refractivity contribution >= 4 is 5.78 Å². The molecule has 1 aromatic carbocycles. The molecule has 1 unspecified atom stereocenters. The first-order chi connectivity index (χ1) is 9.36. The molecule has 0 aliphatic carbocycles. The van der Waals surface area contributed by atoms with E-state index in [0.29, 0.717) is 30.9 Å². The molecule has 112 valence electrons. The van der Waals surface area contributed by atoms with Crippen LogP contribution < -0.4 is 10.5 Å². The van der Waals surface area contributed by atoms with Gasteiger partial charge in [-0.15, -0.1) is 0 Å². The zero-order valence-corrected chi connectivity index (χ0v) is 12.8. The van der Waals surface area contributed by atoms with Crippen molar-refractivity contribution in [3.63, 3.8) is 0 Å². The Kier molecular flexibility index (Phi) is 6.17. The van der Waals surface area contributed by atoms with Crippen LogP contribution in [0.15, 0.2) is 24.3 Å². The summed E-state index contributed by atoms with van der Waals surface area (Å²) < 4.78 is 10.5. The van der Waals surface area contributed by atoms with Crippen LogP contribution in [0.25, 0.3) is 0 Å². The van der Waals surface area contributed by atoms with E-state index in [1.165, 1.54) is 0 Å². The minimum absolute atomic E-state index is 0.0143. The van der Waals surface area contributed by atoms with E-state index in [0.717, 1.165) is 0 Å². The fraction of sp³-hybridized carbons (Fsp3) is 0.562. The molecular formula is C16H25NO3. The van der Waals surface area contributed by atoms with Gasteiger partial charge in [0.05, 0.1) is 12.2 Å². The average molecular weight is 279 g/mol. The number of benzene rings is 1. The molecule has 4 nitrogen and oxygen atoms in total.